The van der Waals surface area contributed by atoms with Crippen molar-refractivity contribution in [2.24, 2.45) is 0 Å². The lowest BCUT2D eigenvalue weighted by molar-refractivity contribution is -0.140. The van der Waals surface area contributed by atoms with Gasteiger partial charge in [-0.2, -0.15) is 4.98 Å². The Labute approximate surface area is 185 Å². The Balaban J connectivity index is 1.70. The monoisotopic (exact) mass is 436 g/mol. The number of nitrogens with two attached hydrogens (primary N) is 1. The summed E-state index contributed by atoms with van der Waals surface area (Å²) in [7, 11) is 0. The first-order valence-electron chi connectivity index (χ1n) is 10.5. The molecule has 0 radical (unpaired) electrons. The summed E-state index contributed by atoms with van der Waals surface area (Å²) in [6, 6.07) is 7.29. The second kappa shape index (κ2) is 7.61. The number of aromatic nitrogens is 1. The first-order chi connectivity index (χ1) is 15.5. The predicted molar refractivity (Wildman–Crippen MR) is 115 cm³/mol. The Hall–Kier alpha value is -3.43. The van der Waals surface area contributed by atoms with Gasteiger partial charge in [-0.15, -0.1) is 0 Å². The molecule has 2 aliphatic heterocycles. The zero-order valence-electron chi connectivity index (χ0n) is 17.8. The van der Waals surface area contributed by atoms with Gasteiger partial charge in [0.1, 0.15) is 12.3 Å². The zero-order chi connectivity index (χ0) is 22.5. The summed E-state index contributed by atoms with van der Waals surface area (Å²) in [5.41, 5.74) is 6.84. The smallest absolute Gasteiger partial charge is 0.337 e. The Bertz CT molecular complexity index is 1150. The lowest BCUT2D eigenvalue weighted by Crippen LogP contribution is -2.48. The number of nitrogen functional groups attached to an aromatic ring is 1. The van der Waals surface area contributed by atoms with Crippen molar-refractivity contribution in [3.8, 4) is 11.3 Å². The highest BCUT2D eigenvalue weighted by Crippen LogP contribution is 2.57. The van der Waals surface area contributed by atoms with Crippen molar-refractivity contribution in [3.05, 3.63) is 59.4 Å². The number of fused-ring (bicyclic) bond motifs is 5. The van der Waals surface area contributed by atoms with Gasteiger partial charge in [-0.1, -0.05) is 36.9 Å². The van der Waals surface area contributed by atoms with Crippen LogP contribution in [0.1, 0.15) is 18.2 Å². The highest BCUT2D eigenvalue weighted by molar-refractivity contribution is 6.14. The number of carbonyl (C=O) groups excluding carboxylic acids is 2. The fraction of sp³-hybridized carbons (Fsp3) is 0.348. The SMILES string of the molecule is C=CCOC(=O)C1=C(C)N(CN2CCOCC2)C(=O)[C@]12c1ccccc1-c1oc(N)nc12. The van der Waals surface area contributed by atoms with Gasteiger partial charge in [0.25, 0.3) is 6.01 Å². The molecule has 166 valence electrons. The Kier molecular flexibility index (Phi) is 4.87. The summed E-state index contributed by atoms with van der Waals surface area (Å²) in [5.74, 6) is -0.461. The third-order valence-corrected chi connectivity index (χ3v) is 6.26. The molecule has 32 heavy (non-hydrogen) atoms. The van der Waals surface area contributed by atoms with Crippen molar-refractivity contribution in [2.75, 3.05) is 45.3 Å². The molecule has 3 aliphatic rings. The minimum Gasteiger partial charge on any atom is -0.458 e. The van der Waals surface area contributed by atoms with E-state index in [1.165, 1.54) is 6.08 Å². The average molecular weight is 436 g/mol. The number of anilines is 1. The largest absolute Gasteiger partial charge is 0.458 e. The van der Waals surface area contributed by atoms with Crippen molar-refractivity contribution >= 4 is 17.9 Å². The van der Waals surface area contributed by atoms with E-state index >= 15 is 0 Å². The van der Waals surface area contributed by atoms with Gasteiger partial charge in [0.15, 0.2) is 11.2 Å². The maximum atomic E-state index is 14.2. The van der Waals surface area contributed by atoms with Crippen LogP contribution in [0.15, 0.2) is 52.6 Å². The fourth-order valence-corrected chi connectivity index (χ4v) is 4.87. The van der Waals surface area contributed by atoms with Crippen molar-refractivity contribution in [3.63, 3.8) is 0 Å². The molecule has 2 aromatic rings. The Morgan fingerprint density at radius 1 is 1.34 bits per heavy atom. The number of esters is 1. The van der Waals surface area contributed by atoms with Crippen molar-refractivity contribution in [1.29, 1.82) is 0 Å². The van der Waals surface area contributed by atoms with E-state index in [-0.39, 0.29) is 24.1 Å². The molecule has 0 unspecified atom stereocenters. The highest BCUT2D eigenvalue weighted by atomic mass is 16.5. The molecule has 1 saturated heterocycles. The van der Waals surface area contributed by atoms with E-state index in [0.717, 1.165) is 0 Å². The Morgan fingerprint density at radius 2 is 2.09 bits per heavy atom. The number of allylic oxidation sites excluding steroid dienone is 1. The number of hydrogen-bond donors (Lipinski definition) is 1. The van der Waals surface area contributed by atoms with Crippen LogP contribution >= 0.6 is 0 Å². The van der Waals surface area contributed by atoms with Crippen LogP contribution < -0.4 is 5.73 Å². The number of nitrogens with zero attached hydrogens (tertiary/aromatic N) is 3. The highest BCUT2D eigenvalue weighted by Gasteiger charge is 2.63. The third-order valence-electron chi connectivity index (χ3n) is 6.26. The van der Waals surface area contributed by atoms with E-state index in [4.69, 9.17) is 19.6 Å². The molecule has 1 aliphatic carbocycles. The molecular formula is C23H24N4O5. The van der Waals surface area contributed by atoms with Crippen LogP contribution in [0, 0.1) is 0 Å². The second-order valence-electron chi connectivity index (χ2n) is 7.98. The second-order valence-corrected chi connectivity index (χ2v) is 7.98. The van der Waals surface area contributed by atoms with Crippen molar-refractivity contribution in [1.82, 2.24) is 14.8 Å². The van der Waals surface area contributed by atoms with Crippen LogP contribution in [0.25, 0.3) is 11.3 Å². The third kappa shape index (κ3) is 2.74. The number of carbonyl (C=O) groups is 2. The molecular weight excluding hydrogens is 412 g/mol. The molecule has 0 saturated carbocycles. The molecule has 1 amide bonds. The molecule has 2 N–H and O–H groups in total. The van der Waals surface area contributed by atoms with E-state index in [1.54, 1.807) is 11.8 Å². The molecule has 1 fully saturated rings. The molecule has 1 aromatic carbocycles. The van der Waals surface area contributed by atoms with Gasteiger partial charge in [0, 0.05) is 24.4 Å². The molecule has 5 rings (SSSR count). The molecule has 1 atom stereocenters. The predicted octanol–water partition coefficient (Wildman–Crippen LogP) is 1.66. The first kappa shape index (κ1) is 20.5. The molecule has 3 heterocycles. The summed E-state index contributed by atoms with van der Waals surface area (Å²) in [5, 5.41) is 0. The summed E-state index contributed by atoms with van der Waals surface area (Å²) >= 11 is 0. The molecule has 1 spiro atoms. The fourth-order valence-electron chi connectivity index (χ4n) is 4.87. The van der Waals surface area contributed by atoms with Gasteiger partial charge in [-0.25, -0.2) is 4.79 Å². The van der Waals surface area contributed by atoms with Gasteiger partial charge in [0.2, 0.25) is 5.91 Å². The number of ether oxygens (including phenoxy) is 2. The summed E-state index contributed by atoms with van der Waals surface area (Å²) in [4.78, 5) is 35.7. The topological polar surface area (TPSA) is 111 Å². The van der Waals surface area contributed by atoms with Crippen LogP contribution in [0.5, 0.6) is 0 Å². The first-order valence-corrected chi connectivity index (χ1v) is 10.5. The van der Waals surface area contributed by atoms with Gasteiger partial charge in [0.05, 0.1) is 25.5 Å². The van der Waals surface area contributed by atoms with E-state index in [2.05, 4.69) is 16.5 Å². The van der Waals surface area contributed by atoms with E-state index in [0.29, 0.717) is 61.3 Å². The van der Waals surface area contributed by atoms with E-state index < -0.39 is 11.4 Å². The number of morpholine rings is 1. The van der Waals surface area contributed by atoms with E-state index in [1.807, 2.05) is 24.3 Å². The summed E-state index contributed by atoms with van der Waals surface area (Å²) < 4.78 is 16.6. The zero-order valence-corrected chi connectivity index (χ0v) is 17.8. The van der Waals surface area contributed by atoms with Crippen molar-refractivity contribution in [2.45, 2.75) is 12.3 Å². The summed E-state index contributed by atoms with van der Waals surface area (Å²) in [6.45, 7) is 8.32. The number of hydrogen-bond acceptors (Lipinski definition) is 8. The van der Waals surface area contributed by atoms with Crippen LogP contribution in [0.2, 0.25) is 0 Å². The number of rotatable bonds is 5. The van der Waals surface area contributed by atoms with Crippen molar-refractivity contribution < 1.29 is 23.5 Å². The average Bonchev–Trinajstić information content (AvgIpc) is 3.38. The van der Waals surface area contributed by atoms with Gasteiger partial charge in [-0.3, -0.25) is 9.69 Å². The molecule has 9 heteroatoms. The van der Waals surface area contributed by atoms with Crippen LogP contribution in [-0.4, -0.2) is 66.2 Å². The molecule has 0 bridgehead atoms. The van der Waals surface area contributed by atoms with Crippen LogP contribution in [0.3, 0.4) is 0 Å². The maximum absolute atomic E-state index is 14.2. The maximum Gasteiger partial charge on any atom is 0.337 e. The minimum absolute atomic E-state index is 0.0266. The van der Waals surface area contributed by atoms with Gasteiger partial charge >= 0.3 is 5.97 Å². The number of oxazole rings is 1. The quantitative estimate of drug-likeness (QED) is 0.557. The normalized spacial score (nSPS) is 22.4. The van der Waals surface area contributed by atoms with Gasteiger partial charge in [-0.05, 0) is 12.5 Å². The molecule has 1 aromatic heterocycles. The standard InChI is InChI=1S/C23H24N4O5/c1-3-10-31-20(28)17-14(2)27(13-26-8-11-30-12-9-26)21(29)23(17)16-7-5-4-6-15(16)18-19(23)25-22(24)32-18/h3-7H,1,8-13H2,2H3,(H2,24,25)/t23-/m1/s1. The lowest BCUT2D eigenvalue weighted by Gasteiger charge is -2.32. The lowest BCUT2D eigenvalue weighted by atomic mass is 9.74. The number of benzene rings is 1. The van der Waals surface area contributed by atoms with Crippen LogP contribution in [-0.2, 0) is 24.5 Å². The van der Waals surface area contributed by atoms with Crippen LogP contribution in [0.4, 0.5) is 6.01 Å². The Morgan fingerprint density at radius 3 is 2.84 bits per heavy atom. The minimum atomic E-state index is -1.47. The van der Waals surface area contributed by atoms with E-state index in [9.17, 15) is 9.59 Å². The van der Waals surface area contributed by atoms with Gasteiger partial charge < -0.3 is 24.5 Å². The summed E-state index contributed by atoms with van der Waals surface area (Å²) in [6.07, 6.45) is 1.49. The number of amides is 1. The molecule has 9 nitrogen and oxygen atoms in total.